The Morgan fingerprint density at radius 2 is 1.83 bits per heavy atom. The number of rotatable bonds is 6. The summed E-state index contributed by atoms with van der Waals surface area (Å²) < 4.78 is 5.73. The fraction of sp³-hybridized carbons (Fsp3) is 1.00. The largest absolute Gasteiger partial charge is 0.378 e. The zero-order valence-electron chi connectivity index (χ0n) is 7.73. The van der Waals surface area contributed by atoms with E-state index in [4.69, 9.17) is 4.74 Å². The molecular formula is C10H19BrO. The van der Waals surface area contributed by atoms with Crippen molar-refractivity contribution in [1.29, 1.82) is 0 Å². The van der Waals surface area contributed by atoms with Gasteiger partial charge in [-0.1, -0.05) is 35.2 Å². The lowest BCUT2D eigenvalue weighted by Gasteiger charge is -2.09. The summed E-state index contributed by atoms with van der Waals surface area (Å²) in [6, 6.07) is 0. The average Bonchev–Trinajstić information content (AvgIpc) is 2.57. The minimum Gasteiger partial charge on any atom is -0.378 e. The summed E-state index contributed by atoms with van der Waals surface area (Å²) in [5, 5.41) is 1.14. The maximum atomic E-state index is 5.73. The van der Waals surface area contributed by atoms with Crippen molar-refractivity contribution in [3.8, 4) is 0 Å². The third-order valence-corrected chi connectivity index (χ3v) is 2.99. The van der Waals surface area contributed by atoms with Crippen molar-refractivity contribution in [2.24, 2.45) is 0 Å². The summed E-state index contributed by atoms with van der Waals surface area (Å²) in [6.07, 6.45) is 9.80. The predicted octanol–water partition coefficient (Wildman–Crippen LogP) is 3.51. The van der Waals surface area contributed by atoms with Crippen LogP contribution in [0, 0.1) is 0 Å². The molecule has 0 bridgehead atoms. The molecule has 0 N–H and O–H groups in total. The van der Waals surface area contributed by atoms with Gasteiger partial charge in [-0.05, 0) is 25.7 Å². The van der Waals surface area contributed by atoms with Crippen LogP contribution in [-0.4, -0.2) is 18.0 Å². The fourth-order valence-electron chi connectivity index (χ4n) is 1.68. The molecule has 0 saturated heterocycles. The van der Waals surface area contributed by atoms with E-state index in [0.29, 0.717) is 6.10 Å². The van der Waals surface area contributed by atoms with Crippen molar-refractivity contribution in [2.75, 3.05) is 11.9 Å². The van der Waals surface area contributed by atoms with Crippen molar-refractivity contribution >= 4 is 15.9 Å². The molecule has 2 heteroatoms. The molecule has 1 saturated carbocycles. The van der Waals surface area contributed by atoms with Gasteiger partial charge in [-0.15, -0.1) is 0 Å². The number of hydrogen-bond donors (Lipinski definition) is 0. The van der Waals surface area contributed by atoms with Crippen molar-refractivity contribution in [3.05, 3.63) is 0 Å². The van der Waals surface area contributed by atoms with Gasteiger partial charge in [0.05, 0.1) is 6.10 Å². The quantitative estimate of drug-likeness (QED) is 0.505. The van der Waals surface area contributed by atoms with E-state index in [2.05, 4.69) is 15.9 Å². The van der Waals surface area contributed by atoms with E-state index >= 15 is 0 Å². The molecule has 0 radical (unpaired) electrons. The standard InChI is InChI=1S/C10H19BrO/c11-8-4-1-5-9-12-10-6-2-3-7-10/h10H,1-9H2. The van der Waals surface area contributed by atoms with Crippen LogP contribution in [0.25, 0.3) is 0 Å². The van der Waals surface area contributed by atoms with Gasteiger partial charge in [-0.25, -0.2) is 0 Å². The molecule has 1 nitrogen and oxygen atoms in total. The van der Waals surface area contributed by atoms with E-state index in [-0.39, 0.29) is 0 Å². The van der Waals surface area contributed by atoms with Gasteiger partial charge in [0.15, 0.2) is 0 Å². The Labute approximate surface area is 84.0 Å². The van der Waals surface area contributed by atoms with E-state index in [1.165, 1.54) is 44.9 Å². The SMILES string of the molecule is BrCCCCCOC1CCCC1. The lowest BCUT2D eigenvalue weighted by Crippen LogP contribution is -2.08. The van der Waals surface area contributed by atoms with Gasteiger partial charge in [0, 0.05) is 11.9 Å². The van der Waals surface area contributed by atoms with E-state index in [1.54, 1.807) is 0 Å². The first kappa shape index (κ1) is 10.5. The van der Waals surface area contributed by atoms with Crippen LogP contribution in [0.15, 0.2) is 0 Å². The van der Waals surface area contributed by atoms with Crippen molar-refractivity contribution in [1.82, 2.24) is 0 Å². The lowest BCUT2D eigenvalue weighted by atomic mass is 10.2. The summed E-state index contributed by atoms with van der Waals surface area (Å²) in [7, 11) is 0. The van der Waals surface area contributed by atoms with Crippen LogP contribution in [0.3, 0.4) is 0 Å². The maximum Gasteiger partial charge on any atom is 0.0575 e. The predicted molar refractivity (Wildman–Crippen MR) is 55.9 cm³/mol. The van der Waals surface area contributed by atoms with Gasteiger partial charge in [0.25, 0.3) is 0 Å². The molecule has 1 aliphatic rings. The van der Waals surface area contributed by atoms with Crippen LogP contribution in [0.5, 0.6) is 0 Å². The molecule has 0 aromatic heterocycles. The summed E-state index contributed by atoms with van der Waals surface area (Å²) in [4.78, 5) is 0. The minimum absolute atomic E-state index is 0.606. The molecule has 0 heterocycles. The number of unbranched alkanes of at least 4 members (excludes halogenated alkanes) is 2. The molecule has 1 fully saturated rings. The zero-order valence-corrected chi connectivity index (χ0v) is 9.31. The third-order valence-electron chi connectivity index (χ3n) is 2.43. The number of halogens is 1. The summed E-state index contributed by atoms with van der Waals surface area (Å²) >= 11 is 3.43. The smallest absolute Gasteiger partial charge is 0.0575 e. The monoisotopic (exact) mass is 234 g/mol. The first-order valence-electron chi connectivity index (χ1n) is 5.11. The Hall–Kier alpha value is 0.440. The normalized spacial score (nSPS) is 18.8. The zero-order chi connectivity index (χ0) is 8.65. The molecule has 12 heavy (non-hydrogen) atoms. The van der Waals surface area contributed by atoms with Crippen LogP contribution < -0.4 is 0 Å². The van der Waals surface area contributed by atoms with Gasteiger partial charge < -0.3 is 4.74 Å². The van der Waals surface area contributed by atoms with Gasteiger partial charge in [-0.3, -0.25) is 0 Å². The summed E-state index contributed by atoms with van der Waals surface area (Å²) in [5.74, 6) is 0. The Balaban J connectivity index is 1.81. The number of hydrogen-bond acceptors (Lipinski definition) is 1. The second kappa shape index (κ2) is 6.90. The van der Waals surface area contributed by atoms with E-state index in [0.717, 1.165) is 11.9 Å². The van der Waals surface area contributed by atoms with Crippen LogP contribution in [0.2, 0.25) is 0 Å². The van der Waals surface area contributed by atoms with Gasteiger partial charge in [0.2, 0.25) is 0 Å². The highest BCUT2D eigenvalue weighted by Crippen LogP contribution is 2.21. The van der Waals surface area contributed by atoms with E-state index in [1.807, 2.05) is 0 Å². The van der Waals surface area contributed by atoms with Crippen molar-refractivity contribution in [3.63, 3.8) is 0 Å². The summed E-state index contributed by atoms with van der Waals surface area (Å²) in [5.41, 5.74) is 0. The highest BCUT2D eigenvalue weighted by atomic mass is 79.9. The first-order valence-corrected chi connectivity index (χ1v) is 6.23. The average molecular weight is 235 g/mol. The van der Waals surface area contributed by atoms with Crippen LogP contribution in [-0.2, 0) is 4.74 Å². The minimum atomic E-state index is 0.606. The second-order valence-corrected chi connectivity index (χ2v) is 4.32. The van der Waals surface area contributed by atoms with Crippen LogP contribution >= 0.6 is 15.9 Å². The third kappa shape index (κ3) is 4.46. The Morgan fingerprint density at radius 3 is 2.50 bits per heavy atom. The molecule has 0 aliphatic heterocycles. The first-order chi connectivity index (χ1) is 5.93. The molecule has 0 aromatic carbocycles. The highest BCUT2D eigenvalue weighted by Gasteiger charge is 2.14. The Bertz CT molecular complexity index is 100. The van der Waals surface area contributed by atoms with E-state index in [9.17, 15) is 0 Å². The van der Waals surface area contributed by atoms with Crippen LogP contribution in [0.1, 0.15) is 44.9 Å². The van der Waals surface area contributed by atoms with Gasteiger partial charge >= 0.3 is 0 Å². The van der Waals surface area contributed by atoms with Gasteiger partial charge in [0.1, 0.15) is 0 Å². The molecule has 1 aliphatic carbocycles. The molecule has 0 amide bonds. The fourth-order valence-corrected chi connectivity index (χ4v) is 2.07. The van der Waals surface area contributed by atoms with Crippen LogP contribution in [0.4, 0.5) is 0 Å². The highest BCUT2D eigenvalue weighted by molar-refractivity contribution is 9.09. The lowest BCUT2D eigenvalue weighted by molar-refractivity contribution is 0.0559. The maximum absolute atomic E-state index is 5.73. The molecule has 0 aromatic rings. The van der Waals surface area contributed by atoms with Crippen molar-refractivity contribution in [2.45, 2.75) is 51.0 Å². The molecule has 1 rings (SSSR count). The van der Waals surface area contributed by atoms with E-state index < -0.39 is 0 Å². The molecule has 72 valence electrons. The topological polar surface area (TPSA) is 9.23 Å². The number of alkyl halides is 1. The molecule has 0 atom stereocenters. The number of ether oxygens (including phenoxy) is 1. The molecule has 0 unspecified atom stereocenters. The Morgan fingerprint density at radius 1 is 1.08 bits per heavy atom. The second-order valence-electron chi connectivity index (χ2n) is 3.53. The molecule has 0 spiro atoms. The Kier molecular flexibility index (Phi) is 6.05. The molecular weight excluding hydrogens is 216 g/mol. The van der Waals surface area contributed by atoms with Crippen molar-refractivity contribution < 1.29 is 4.74 Å². The van der Waals surface area contributed by atoms with Gasteiger partial charge in [-0.2, -0.15) is 0 Å². The summed E-state index contributed by atoms with van der Waals surface area (Å²) in [6.45, 7) is 0.984.